The molecule has 0 radical (unpaired) electrons. The Morgan fingerprint density at radius 1 is 1.15 bits per heavy atom. The van der Waals surface area contributed by atoms with Gasteiger partial charge in [0, 0.05) is 6.07 Å². The smallest absolute Gasteiger partial charge is 0.322 e. The number of nitrogens with zero attached hydrogens (tertiary/aromatic N) is 3. The summed E-state index contributed by atoms with van der Waals surface area (Å²) in [5, 5.41) is 18.3. The number of hydrazone groups is 1. The molecule has 8 nitrogen and oxygen atoms in total. The molecule has 1 fully saturated rings. The molecule has 0 unspecified atom stereocenters. The van der Waals surface area contributed by atoms with Gasteiger partial charge in [0.15, 0.2) is 0 Å². The molecule has 2 aromatic rings. The molecule has 1 atom stereocenters. The number of amides is 3. The fourth-order valence-electron chi connectivity index (χ4n) is 2.86. The van der Waals surface area contributed by atoms with Crippen molar-refractivity contribution in [1.82, 2.24) is 10.3 Å². The van der Waals surface area contributed by atoms with Gasteiger partial charge in [0.05, 0.1) is 16.7 Å². The van der Waals surface area contributed by atoms with E-state index in [0.717, 1.165) is 16.8 Å². The number of imide groups is 1. The Labute approximate surface area is 155 Å². The summed E-state index contributed by atoms with van der Waals surface area (Å²) in [5.74, 6) is -0.488. The van der Waals surface area contributed by atoms with E-state index in [9.17, 15) is 19.7 Å². The number of nitro groups is 1. The summed E-state index contributed by atoms with van der Waals surface area (Å²) in [6.45, 7) is 1.65. The largest absolute Gasteiger partial charge is 0.346 e. The molecule has 0 bridgehead atoms. The van der Waals surface area contributed by atoms with Gasteiger partial charge in [-0.1, -0.05) is 42.5 Å². The monoisotopic (exact) mass is 366 g/mol. The number of para-hydroxylation sites is 1. The number of urea groups is 1. The van der Waals surface area contributed by atoms with E-state index in [4.69, 9.17) is 0 Å². The van der Waals surface area contributed by atoms with Gasteiger partial charge in [0.25, 0.3) is 11.6 Å². The summed E-state index contributed by atoms with van der Waals surface area (Å²) in [7, 11) is 0. The number of rotatable bonds is 6. The van der Waals surface area contributed by atoms with E-state index in [0.29, 0.717) is 12.8 Å². The molecule has 2 aromatic carbocycles. The minimum atomic E-state index is -1.08. The SMILES string of the molecule is C[C@]1(CCc2ccccc2)NC(=O)N(/N=C\c2ccccc2[N+](=O)[O-])C1=O. The number of nitro benzene ring substituents is 1. The summed E-state index contributed by atoms with van der Waals surface area (Å²) in [5.41, 5.74) is 0.0381. The maximum atomic E-state index is 12.7. The highest BCUT2D eigenvalue weighted by Gasteiger charge is 2.47. The number of nitrogens with one attached hydrogen (secondary N) is 1. The molecule has 0 saturated carbocycles. The van der Waals surface area contributed by atoms with Crippen LogP contribution in [0.5, 0.6) is 0 Å². The third-order valence-corrected chi connectivity index (χ3v) is 4.44. The van der Waals surface area contributed by atoms with E-state index in [-0.39, 0.29) is 11.3 Å². The normalized spacial score (nSPS) is 19.5. The maximum absolute atomic E-state index is 12.7. The van der Waals surface area contributed by atoms with Crippen LogP contribution in [0.15, 0.2) is 59.7 Å². The molecule has 1 N–H and O–H groups in total. The van der Waals surface area contributed by atoms with E-state index < -0.39 is 22.4 Å². The van der Waals surface area contributed by atoms with E-state index in [1.807, 2.05) is 30.3 Å². The summed E-state index contributed by atoms with van der Waals surface area (Å²) < 4.78 is 0. The molecule has 1 aliphatic rings. The van der Waals surface area contributed by atoms with E-state index in [2.05, 4.69) is 10.4 Å². The standard InChI is InChI=1S/C19H18N4O4/c1-19(12-11-14-7-3-2-4-8-14)17(24)22(18(25)21-19)20-13-15-9-5-6-10-16(15)23(26)27/h2-10,13H,11-12H2,1H3,(H,21,25)/b20-13-/t19-/m1/s1. The third-order valence-electron chi connectivity index (χ3n) is 4.44. The van der Waals surface area contributed by atoms with Gasteiger partial charge in [0.1, 0.15) is 5.54 Å². The van der Waals surface area contributed by atoms with Crippen LogP contribution in [0, 0.1) is 10.1 Å². The van der Waals surface area contributed by atoms with Gasteiger partial charge in [-0.2, -0.15) is 5.10 Å². The molecule has 1 saturated heterocycles. The van der Waals surface area contributed by atoms with Gasteiger partial charge in [-0.15, -0.1) is 5.01 Å². The molecule has 0 spiro atoms. The number of hydrogen-bond acceptors (Lipinski definition) is 5. The predicted molar refractivity (Wildman–Crippen MR) is 99.2 cm³/mol. The van der Waals surface area contributed by atoms with Crippen LogP contribution in [-0.4, -0.2) is 33.6 Å². The molecule has 3 amide bonds. The van der Waals surface area contributed by atoms with Crippen LogP contribution in [0.25, 0.3) is 0 Å². The average molecular weight is 366 g/mol. The first-order chi connectivity index (χ1) is 12.9. The van der Waals surface area contributed by atoms with Crippen molar-refractivity contribution in [1.29, 1.82) is 0 Å². The van der Waals surface area contributed by atoms with Gasteiger partial charge in [-0.3, -0.25) is 14.9 Å². The van der Waals surface area contributed by atoms with Crippen LogP contribution in [0.3, 0.4) is 0 Å². The van der Waals surface area contributed by atoms with Crippen molar-refractivity contribution in [3.8, 4) is 0 Å². The summed E-state index contributed by atoms with van der Waals surface area (Å²) >= 11 is 0. The van der Waals surface area contributed by atoms with Crippen LogP contribution in [0.1, 0.15) is 24.5 Å². The second-order valence-electron chi connectivity index (χ2n) is 6.43. The topological polar surface area (TPSA) is 105 Å². The first kappa shape index (κ1) is 18.2. The van der Waals surface area contributed by atoms with Crippen molar-refractivity contribution in [2.45, 2.75) is 25.3 Å². The van der Waals surface area contributed by atoms with Crippen molar-refractivity contribution < 1.29 is 14.5 Å². The molecule has 0 aromatic heterocycles. The zero-order valence-electron chi connectivity index (χ0n) is 14.7. The Hall–Kier alpha value is -3.55. The van der Waals surface area contributed by atoms with Gasteiger partial charge < -0.3 is 5.32 Å². The number of carbonyl (C=O) groups excluding carboxylic acids is 2. The average Bonchev–Trinajstić information content (AvgIpc) is 2.88. The van der Waals surface area contributed by atoms with Gasteiger partial charge in [-0.05, 0) is 31.4 Å². The highest BCUT2D eigenvalue weighted by atomic mass is 16.6. The van der Waals surface area contributed by atoms with E-state index in [1.54, 1.807) is 13.0 Å². The lowest BCUT2D eigenvalue weighted by molar-refractivity contribution is -0.385. The number of hydrogen-bond donors (Lipinski definition) is 1. The van der Waals surface area contributed by atoms with Crippen molar-refractivity contribution in [3.63, 3.8) is 0 Å². The summed E-state index contributed by atoms with van der Waals surface area (Å²) in [6, 6.07) is 15.0. The quantitative estimate of drug-likeness (QED) is 0.367. The molecule has 27 heavy (non-hydrogen) atoms. The van der Waals surface area contributed by atoms with Crippen molar-refractivity contribution in [2.24, 2.45) is 5.10 Å². The van der Waals surface area contributed by atoms with E-state index in [1.165, 1.54) is 18.2 Å². The van der Waals surface area contributed by atoms with Crippen molar-refractivity contribution in [3.05, 3.63) is 75.8 Å². The molecule has 1 aliphatic heterocycles. The molecule has 0 aliphatic carbocycles. The molecule has 1 heterocycles. The lowest BCUT2D eigenvalue weighted by Crippen LogP contribution is -2.44. The number of carbonyl (C=O) groups is 2. The van der Waals surface area contributed by atoms with Crippen LogP contribution >= 0.6 is 0 Å². The number of aryl methyl sites for hydroxylation is 1. The molecular formula is C19H18N4O4. The third kappa shape index (κ3) is 3.84. The Morgan fingerprint density at radius 2 is 1.81 bits per heavy atom. The lowest BCUT2D eigenvalue weighted by atomic mass is 9.93. The first-order valence-corrected chi connectivity index (χ1v) is 8.39. The Bertz CT molecular complexity index is 913. The van der Waals surface area contributed by atoms with Gasteiger partial charge in [0.2, 0.25) is 0 Å². The fraction of sp³-hybridized carbons (Fsp3) is 0.211. The van der Waals surface area contributed by atoms with Gasteiger partial charge >= 0.3 is 6.03 Å². The minimum Gasteiger partial charge on any atom is -0.322 e. The summed E-state index contributed by atoms with van der Waals surface area (Å²) in [6.07, 6.45) is 2.18. The zero-order chi connectivity index (χ0) is 19.4. The highest BCUT2D eigenvalue weighted by Crippen LogP contribution is 2.24. The minimum absolute atomic E-state index is 0.153. The van der Waals surface area contributed by atoms with Crippen molar-refractivity contribution in [2.75, 3.05) is 0 Å². The molecular weight excluding hydrogens is 348 g/mol. The van der Waals surface area contributed by atoms with Crippen LogP contribution in [0.2, 0.25) is 0 Å². The Balaban J connectivity index is 1.75. The lowest BCUT2D eigenvalue weighted by Gasteiger charge is -2.20. The second kappa shape index (κ2) is 7.36. The van der Waals surface area contributed by atoms with Crippen LogP contribution in [-0.2, 0) is 11.2 Å². The molecule has 8 heteroatoms. The van der Waals surface area contributed by atoms with E-state index >= 15 is 0 Å². The van der Waals surface area contributed by atoms with Gasteiger partial charge in [-0.25, -0.2) is 4.79 Å². The van der Waals surface area contributed by atoms with Crippen LogP contribution < -0.4 is 5.32 Å². The second-order valence-corrected chi connectivity index (χ2v) is 6.43. The Kier molecular flexibility index (Phi) is 4.98. The van der Waals surface area contributed by atoms with Crippen molar-refractivity contribution >= 4 is 23.8 Å². The zero-order valence-corrected chi connectivity index (χ0v) is 14.7. The molecule has 138 valence electrons. The predicted octanol–water partition coefficient (Wildman–Crippen LogP) is 2.87. The Morgan fingerprint density at radius 3 is 2.52 bits per heavy atom. The highest BCUT2D eigenvalue weighted by molar-refractivity contribution is 6.07. The maximum Gasteiger partial charge on any atom is 0.346 e. The van der Waals surface area contributed by atoms with Crippen LogP contribution in [0.4, 0.5) is 10.5 Å². The summed E-state index contributed by atoms with van der Waals surface area (Å²) in [4.78, 5) is 35.4. The fourth-order valence-corrected chi connectivity index (χ4v) is 2.86. The number of benzene rings is 2. The first-order valence-electron chi connectivity index (χ1n) is 8.39. The molecule has 3 rings (SSSR count).